The summed E-state index contributed by atoms with van der Waals surface area (Å²) in [6, 6.07) is 16.4. The number of halogens is 1. The highest BCUT2D eigenvalue weighted by atomic mass is 127. The minimum Gasteiger partial charge on any atom is -0.487 e. The second-order valence-electron chi connectivity index (χ2n) is 3.67. The maximum Gasteiger partial charge on any atom is 0.144 e. The second-order valence-corrected chi connectivity index (χ2v) is 4.63. The largest absolute Gasteiger partial charge is 0.487 e. The molecule has 0 fully saturated rings. The molecule has 0 aliphatic carbocycles. The van der Waals surface area contributed by atoms with Gasteiger partial charge in [-0.2, -0.15) is 0 Å². The van der Waals surface area contributed by atoms with E-state index in [4.69, 9.17) is 4.74 Å². The molecule has 80 valence electrons. The quantitative estimate of drug-likeness (QED) is 0.535. The minimum atomic E-state index is 0.632. The van der Waals surface area contributed by atoms with Crippen LogP contribution in [0.4, 0.5) is 11.4 Å². The van der Waals surface area contributed by atoms with Crippen LogP contribution < -0.4 is 7.85 Å². The van der Waals surface area contributed by atoms with Gasteiger partial charge in [-0.1, -0.05) is 30.3 Å². The van der Waals surface area contributed by atoms with Crippen molar-refractivity contribution in [1.29, 1.82) is 0 Å². The van der Waals surface area contributed by atoms with Crippen molar-refractivity contribution in [2.45, 2.75) is 6.61 Å². The van der Waals surface area contributed by atoms with Crippen LogP contribution in [0.1, 0.15) is 5.56 Å². The van der Waals surface area contributed by atoms with E-state index < -0.39 is 0 Å². The van der Waals surface area contributed by atoms with Crippen molar-refractivity contribution in [3.8, 4) is 5.75 Å². The lowest BCUT2D eigenvalue weighted by Crippen LogP contribution is -2.01. The first-order chi connectivity index (χ1) is 7.86. The van der Waals surface area contributed by atoms with E-state index in [0.29, 0.717) is 6.61 Å². The smallest absolute Gasteiger partial charge is 0.144 e. The molecule has 0 saturated carbocycles. The van der Waals surface area contributed by atoms with Gasteiger partial charge in [-0.05, 0) is 18.2 Å². The Kier molecular flexibility index (Phi) is 2.47. The average Bonchev–Trinajstić information content (AvgIpc) is 2.49. The maximum atomic E-state index is 5.80. The summed E-state index contributed by atoms with van der Waals surface area (Å²) in [4.78, 5) is 0. The van der Waals surface area contributed by atoms with Gasteiger partial charge >= 0.3 is 0 Å². The summed E-state index contributed by atoms with van der Waals surface area (Å²) >= 11 is 2.32. The van der Waals surface area contributed by atoms with Crippen LogP contribution in [0.3, 0.4) is 0 Å². The van der Waals surface area contributed by atoms with Crippen molar-refractivity contribution in [3.05, 3.63) is 54.1 Å². The molecule has 3 rings (SSSR count). The van der Waals surface area contributed by atoms with Crippen LogP contribution in [-0.2, 0) is 6.61 Å². The van der Waals surface area contributed by atoms with E-state index in [0.717, 1.165) is 11.4 Å². The standard InChI is InChI=1S/C13H10INO/c14-15-11-6-2-1-5-10(11)9-16-13-8-4-3-7-12(13)15/h1-8H,9H2. The number of para-hydroxylation sites is 3. The first-order valence-corrected chi connectivity index (χ1v) is 6.08. The van der Waals surface area contributed by atoms with E-state index in [1.807, 2.05) is 24.3 Å². The summed E-state index contributed by atoms with van der Waals surface area (Å²) in [5.74, 6) is 0.938. The molecule has 0 amide bonds. The Morgan fingerprint density at radius 1 is 0.938 bits per heavy atom. The lowest BCUT2D eigenvalue weighted by atomic mass is 10.2. The molecule has 3 heteroatoms. The Morgan fingerprint density at radius 2 is 1.62 bits per heavy atom. The van der Waals surface area contributed by atoms with Crippen LogP contribution in [0, 0.1) is 0 Å². The Labute approximate surface area is 108 Å². The van der Waals surface area contributed by atoms with Crippen molar-refractivity contribution < 1.29 is 4.74 Å². The Bertz CT molecular complexity index is 479. The molecule has 0 spiro atoms. The predicted octanol–water partition coefficient (Wildman–Crippen LogP) is 4.07. The van der Waals surface area contributed by atoms with Crippen LogP contribution in [0.25, 0.3) is 0 Å². The van der Waals surface area contributed by atoms with Gasteiger partial charge in [0.05, 0.1) is 34.2 Å². The third-order valence-electron chi connectivity index (χ3n) is 2.66. The van der Waals surface area contributed by atoms with Gasteiger partial charge in [0.25, 0.3) is 0 Å². The minimum absolute atomic E-state index is 0.632. The summed E-state index contributed by atoms with van der Waals surface area (Å²) in [5.41, 5.74) is 3.52. The van der Waals surface area contributed by atoms with E-state index in [9.17, 15) is 0 Å². The molecule has 0 bridgehead atoms. The fourth-order valence-electron chi connectivity index (χ4n) is 1.85. The lowest BCUT2D eigenvalue weighted by molar-refractivity contribution is 0.311. The number of benzene rings is 2. The highest BCUT2D eigenvalue weighted by molar-refractivity contribution is 14.1. The Hall–Kier alpha value is -1.23. The summed E-state index contributed by atoms with van der Waals surface area (Å²) in [6.07, 6.45) is 0. The first-order valence-electron chi connectivity index (χ1n) is 5.12. The topological polar surface area (TPSA) is 12.5 Å². The van der Waals surface area contributed by atoms with Crippen LogP contribution >= 0.6 is 22.9 Å². The molecular weight excluding hydrogens is 313 g/mol. The second kappa shape index (κ2) is 3.97. The van der Waals surface area contributed by atoms with Crippen molar-refractivity contribution in [2.75, 3.05) is 3.11 Å². The van der Waals surface area contributed by atoms with Gasteiger partial charge < -0.3 is 4.74 Å². The molecule has 0 atom stereocenters. The number of hydrogen-bond acceptors (Lipinski definition) is 2. The number of rotatable bonds is 0. The molecule has 1 aliphatic heterocycles. The molecular formula is C13H10INO. The number of ether oxygens (including phenoxy) is 1. The fourth-order valence-corrected chi connectivity index (χ4v) is 2.72. The SMILES string of the molecule is IN1c2ccccc2COc2ccccc21. The van der Waals surface area contributed by atoms with Gasteiger partial charge in [0.2, 0.25) is 0 Å². The molecule has 0 radical (unpaired) electrons. The summed E-state index contributed by atoms with van der Waals surface area (Å²) in [5, 5.41) is 0. The Morgan fingerprint density at radius 3 is 2.50 bits per heavy atom. The Balaban J connectivity index is 2.18. The molecule has 1 heterocycles. The zero-order valence-corrected chi connectivity index (χ0v) is 10.7. The van der Waals surface area contributed by atoms with Gasteiger partial charge in [-0.15, -0.1) is 0 Å². The maximum absolute atomic E-state index is 5.80. The summed E-state index contributed by atoms with van der Waals surface area (Å²) in [6.45, 7) is 0.632. The number of hydrogen-bond donors (Lipinski definition) is 0. The highest BCUT2D eigenvalue weighted by Gasteiger charge is 2.18. The van der Waals surface area contributed by atoms with Crippen molar-refractivity contribution in [2.24, 2.45) is 0 Å². The van der Waals surface area contributed by atoms with Gasteiger partial charge in [0.1, 0.15) is 12.4 Å². The van der Waals surface area contributed by atoms with Gasteiger partial charge in [-0.3, -0.25) is 3.11 Å². The third kappa shape index (κ3) is 1.55. The molecule has 2 aromatic rings. The molecule has 0 saturated heterocycles. The van der Waals surface area contributed by atoms with E-state index in [2.05, 4.69) is 50.2 Å². The number of anilines is 2. The monoisotopic (exact) mass is 323 g/mol. The molecule has 2 aromatic carbocycles. The highest BCUT2D eigenvalue weighted by Crippen LogP contribution is 2.41. The lowest BCUT2D eigenvalue weighted by Gasteiger charge is -2.17. The van der Waals surface area contributed by atoms with Crippen molar-refractivity contribution in [3.63, 3.8) is 0 Å². The van der Waals surface area contributed by atoms with Gasteiger partial charge in [0, 0.05) is 5.56 Å². The molecule has 2 nitrogen and oxygen atoms in total. The van der Waals surface area contributed by atoms with E-state index in [1.165, 1.54) is 11.3 Å². The van der Waals surface area contributed by atoms with Crippen molar-refractivity contribution >= 4 is 34.2 Å². The van der Waals surface area contributed by atoms with Crippen LogP contribution in [0.5, 0.6) is 5.75 Å². The van der Waals surface area contributed by atoms with Gasteiger partial charge in [-0.25, -0.2) is 0 Å². The third-order valence-corrected chi connectivity index (χ3v) is 3.70. The van der Waals surface area contributed by atoms with E-state index in [1.54, 1.807) is 0 Å². The van der Waals surface area contributed by atoms with Crippen LogP contribution in [0.2, 0.25) is 0 Å². The van der Waals surface area contributed by atoms with Crippen LogP contribution in [0.15, 0.2) is 48.5 Å². The molecule has 0 unspecified atom stereocenters. The molecule has 0 N–H and O–H groups in total. The van der Waals surface area contributed by atoms with Gasteiger partial charge in [0.15, 0.2) is 0 Å². The average molecular weight is 323 g/mol. The predicted molar refractivity (Wildman–Crippen MR) is 73.4 cm³/mol. The zero-order valence-electron chi connectivity index (χ0n) is 8.56. The fraction of sp³-hybridized carbons (Fsp3) is 0.0769. The van der Waals surface area contributed by atoms with Crippen LogP contribution in [-0.4, -0.2) is 0 Å². The zero-order chi connectivity index (χ0) is 11.0. The summed E-state index contributed by atoms with van der Waals surface area (Å²) < 4.78 is 7.95. The number of nitrogens with zero attached hydrogens (tertiary/aromatic N) is 1. The van der Waals surface area contributed by atoms with Crippen molar-refractivity contribution in [1.82, 2.24) is 0 Å². The summed E-state index contributed by atoms with van der Waals surface area (Å²) in [7, 11) is 0. The molecule has 1 aliphatic rings. The normalized spacial score (nSPS) is 13.4. The van der Waals surface area contributed by atoms with E-state index in [-0.39, 0.29) is 0 Å². The first kappa shape index (κ1) is 9.96. The molecule has 16 heavy (non-hydrogen) atoms. The van der Waals surface area contributed by atoms with E-state index >= 15 is 0 Å². The molecule has 0 aromatic heterocycles. The number of fused-ring (bicyclic) bond motifs is 2.